The van der Waals surface area contributed by atoms with E-state index in [0.717, 1.165) is 31.3 Å². The zero-order chi connectivity index (χ0) is 17.5. The van der Waals surface area contributed by atoms with Gasteiger partial charge >= 0.3 is 0 Å². The van der Waals surface area contributed by atoms with E-state index >= 15 is 0 Å². The molecule has 4 N–H and O–H groups in total. The van der Waals surface area contributed by atoms with E-state index in [1.807, 2.05) is 13.0 Å². The van der Waals surface area contributed by atoms with Crippen molar-refractivity contribution in [2.75, 3.05) is 0 Å². The molecule has 9 atom stereocenters. The van der Waals surface area contributed by atoms with Gasteiger partial charge in [0.2, 0.25) is 0 Å². The number of rotatable bonds is 0. The molecule has 0 aromatic rings. The van der Waals surface area contributed by atoms with Crippen LogP contribution in [0.4, 0.5) is 0 Å². The van der Waals surface area contributed by atoms with Crippen LogP contribution in [0.5, 0.6) is 0 Å². The first-order valence-electron chi connectivity index (χ1n) is 9.58. The third-order valence-corrected chi connectivity index (χ3v) is 8.61. The molecule has 0 spiro atoms. The second kappa shape index (κ2) is 5.06. The minimum atomic E-state index is -0.781. The van der Waals surface area contributed by atoms with Crippen LogP contribution in [0.2, 0.25) is 0 Å². The summed E-state index contributed by atoms with van der Waals surface area (Å²) < 4.78 is 0. The van der Waals surface area contributed by atoms with Crippen LogP contribution >= 0.6 is 0 Å². The summed E-state index contributed by atoms with van der Waals surface area (Å²) in [5.74, 6) is 0.251. The monoisotopic (exact) mass is 336 g/mol. The zero-order valence-corrected chi connectivity index (χ0v) is 15.1. The standard InChI is InChI=1S/C20H32O4/c1-18-6-4-12(21)8-11(18)9-14(22)16-13-5-7-20(3,24)19(13,2)10-15(23)17(16)18/h9,12-17,21-24H,4-8,10H2,1-3H3/t12-,13?,14-,15?,16?,17?,18-,19-,20-/m0/s1. The summed E-state index contributed by atoms with van der Waals surface area (Å²) in [6, 6.07) is 0. The summed E-state index contributed by atoms with van der Waals surface area (Å²) in [4.78, 5) is 0. The Hall–Kier alpha value is -0.420. The first kappa shape index (κ1) is 17.0. The van der Waals surface area contributed by atoms with E-state index < -0.39 is 17.8 Å². The average Bonchev–Trinajstić information content (AvgIpc) is 2.71. The van der Waals surface area contributed by atoms with Crippen molar-refractivity contribution in [1.29, 1.82) is 0 Å². The van der Waals surface area contributed by atoms with Gasteiger partial charge in [0.05, 0.1) is 23.9 Å². The van der Waals surface area contributed by atoms with Crippen LogP contribution in [-0.4, -0.2) is 44.3 Å². The fraction of sp³-hybridized carbons (Fsp3) is 0.900. The quantitative estimate of drug-likeness (QED) is 0.510. The van der Waals surface area contributed by atoms with Gasteiger partial charge in [0.15, 0.2) is 0 Å². The summed E-state index contributed by atoms with van der Waals surface area (Å²) in [6.07, 6.45) is 5.04. The van der Waals surface area contributed by atoms with Gasteiger partial charge in [0, 0.05) is 5.41 Å². The highest BCUT2D eigenvalue weighted by Gasteiger charge is 2.66. The van der Waals surface area contributed by atoms with Crippen molar-refractivity contribution in [3.05, 3.63) is 11.6 Å². The summed E-state index contributed by atoms with van der Waals surface area (Å²) in [5.41, 5.74) is -0.137. The topological polar surface area (TPSA) is 80.9 Å². The first-order chi connectivity index (χ1) is 11.1. The third-order valence-electron chi connectivity index (χ3n) is 8.61. The maximum Gasteiger partial charge on any atom is 0.0758 e. The molecule has 4 unspecified atom stereocenters. The van der Waals surface area contributed by atoms with E-state index in [9.17, 15) is 20.4 Å². The first-order valence-corrected chi connectivity index (χ1v) is 9.58. The Morgan fingerprint density at radius 1 is 1.04 bits per heavy atom. The highest BCUT2D eigenvalue weighted by Crippen LogP contribution is 2.66. The number of aliphatic hydroxyl groups is 4. The lowest BCUT2D eigenvalue weighted by molar-refractivity contribution is -0.181. The molecule has 4 nitrogen and oxygen atoms in total. The van der Waals surface area contributed by atoms with Crippen molar-refractivity contribution in [3.63, 3.8) is 0 Å². The molecule has 0 heterocycles. The molecule has 3 fully saturated rings. The average molecular weight is 336 g/mol. The van der Waals surface area contributed by atoms with Crippen molar-refractivity contribution in [1.82, 2.24) is 0 Å². The van der Waals surface area contributed by atoms with Crippen LogP contribution in [0, 0.1) is 28.6 Å². The summed E-state index contributed by atoms with van der Waals surface area (Å²) in [7, 11) is 0. The summed E-state index contributed by atoms with van der Waals surface area (Å²) in [5, 5.41) is 43.1. The van der Waals surface area contributed by atoms with Crippen LogP contribution in [-0.2, 0) is 0 Å². The van der Waals surface area contributed by atoms with Gasteiger partial charge in [-0.15, -0.1) is 0 Å². The van der Waals surface area contributed by atoms with Gasteiger partial charge in [0.25, 0.3) is 0 Å². The van der Waals surface area contributed by atoms with Gasteiger partial charge in [-0.05, 0) is 68.6 Å². The summed E-state index contributed by atoms with van der Waals surface area (Å²) >= 11 is 0. The molecule has 0 aromatic carbocycles. The number of aliphatic hydroxyl groups excluding tert-OH is 3. The van der Waals surface area contributed by atoms with Crippen molar-refractivity contribution in [2.45, 2.75) is 83.2 Å². The third kappa shape index (κ3) is 2.00. The fourth-order valence-corrected chi connectivity index (χ4v) is 6.97. The highest BCUT2D eigenvalue weighted by molar-refractivity contribution is 5.29. The second-order valence-electron chi connectivity index (χ2n) is 9.71. The van der Waals surface area contributed by atoms with E-state index in [0.29, 0.717) is 12.8 Å². The van der Waals surface area contributed by atoms with Crippen molar-refractivity contribution in [3.8, 4) is 0 Å². The molecule has 24 heavy (non-hydrogen) atoms. The van der Waals surface area contributed by atoms with Gasteiger partial charge in [-0.25, -0.2) is 0 Å². The largest absolute Gasteiger partial charge is 0.393 e. The van der Waals surface area contributed by atoms with Gasteiger partial charge < -0.3 is 20.4 Å². The van der Waals surface area contributed by atoms with E-state index in [4.69, 9.17) is 0 Å². The van der Waals surface area contributed by atoms with Crippen LogP contribution in [0.3, 0.4) is 0 Å². The normalized spacial score (nSPS) is 60.0. The van der Waals surface area contributed by atoms with E-state index in [-0.39, 0.29) is 34.7 Å². The molecule has 3 saturated carbocycles. The molecular weight excluding hydrogens is 304 g/mol. The van der Waals surface area contributed by atoms with E-state index in [1.165, 1.54) is 0 Å². The van der Waals surface area contributed by atoms with Crippen molar-refractivity contribution < 1.29 is 20.4 Å². The lowest BCUT2D eigenvalue weighted by Gasteiger charge is -2.61. The van der Waals surface area contributed by atoms with Crippen molar-refractivity contribution in [2.24, 2.45) is 28.6 Å². The van der Waals surface area contributed by atoms with Crippen LogP contribution < -0.4 is 0 Å². The minimum Gasteiger partial charge on any atom is -0.393 e. The Labute approximate surface area is 144 Å². The maximum absolute atomic E-state index is 11.1. The molecule has 4 rings (SSSR count). The van der Waals surface area contributed by atoms with Gasteiger partial charge in [0.1, 0.15) is 0 Å². The Bertz CT molecular complexity index is 570. The molecule has 0 bridgehead atoms. The molecule has 0 aliphatic heterocycles. The molecule has 4 heteroatoms. The Morgan fingerprint density at radius 3 is 2.46 bits per heavy atom. The number of hydrogen-bond acceptors (Lipinski definition) is 4. The van der Waals surface area contributed by atoms with E-state index in [2.05, 4.69) is 13.8 Å². The predicted octanol–water partition coefficient (Wildman–Crippen LogP) is 2.00. The molecular formula is C20H32O4. The highest BCUT2D eigenvalue weighted by atomic mass is 16.3. The number of hydrogen-bond donors (Lipinski definition) is 4. The Balaban J connectivity index is 1.79. The molecule has 0 amide bonds. The van der Waals surface area contributed by atoms with Gasteiger partial charge in [-0.3, -0.25) is 0 Å². The molecule has 0 aromatic heterocycles. The molecule has 0 saturated heterocycles. The fourth-order valence-electron chi connectivity index (χ4n) is 6.97. The van der Waals surface area contributed by atoms with E-state index in [1.54, 1.807) is 0 Å². The molecule has 136 valence electrons. The summed E-state index contributed by atoms with van der Waals surface area (Å²) in [6.45, 7) is 6.21. The molecule has 0 radical (unpaired) electrons. The van der Waals surface area contributed by atoms with Crippen molar-refractivity contribution >= 4 is 0 Å². The zero-order valence-electron chi connectivity index (χ0n) is 15.1. The van der Waals surface area contributed by atoms with Gasteiger partial charge in [-0.1, -0.05) is 25.5 Å². The lowest BCUT2D eigenvalue weighted by atomic mass is 9.45. The van der Waals surface area contributed by atoms with Crippen LogP contribution in [0.1, 0.15) is 59.3 Å². The molecule has 4 aliphatic rings. The van der Waals surface area contributed by atoms with Crippen LogP contribution in [0.15, 0.2) is 11.6 Å². The minimum absolute atomic E-state index is 0.00304. The van der Waals surface area contributed by atoms with Crippen LogP contribution in [0.25, 0.3) is 0 Å². The lowest BCUT2D eigenvalue weighted by Crippen LogP contribution is -2.61. The van der Waals surface area contributed by atoms with Gasteiger partial charge in [-0.2, -0.15) is 0 Å². The second-order valence-corrected chi connectivity index (χ2v) is 9.71. The maximum atomic E-state index is 11.1. The molecule has 4 aliphatic carbocycles. The Morgan fingerprint density at radius 2 is 1.75 bits per heavy atom. The smallest absolute Gasteiger partial charge is 0.0758 e. The predicted molar refractivity (Wildman–Crippen MR) is 91.1 cm³/mol. The number of fused-ring (bicyclic) bond motifs is 5. The Kier molecular flexibility index (Phi) is 3.59. The SMILES string of the molecule is C[C@]12CC[C@H](O)CC1=C[C@H](O)C1C2C(O)C[C@@]2(C)C1CC[C@]2(C)O.